The van der Waals surface area contributed by atoms with Crippen LogP contribution in [0.4, 0.5) is 5.82 Å². The lowest BCUT2D eigenvalue weighted by molar-refractivity contribution is 0.569. The molecule has 19 heavy (non-hydrogen) atoms. The van der Waals surface area contributed by atoms with Crippen LogP contribution in [0.2, 0.25) is 0 Å². The molecule has 0 amide bonds. The highest BCUT2D eigenvalue weighted by Gasteiger charge is 2.08. The number of nitrogens with one attached hydrogen (secondary N) is 1. The fourth-order valence-corrected chi connectivity index (χ4v) is 2.10. The number of hydrogen-bond donors (Lipinski definition) is 1. The Labute approximate surface area is 118 Å². The van der Waals surface area contributed by atoms with Gasteiger partial charge < -0.3 is 10.2 Å². The Morgan fingerprint density at radius 1 is 1.21 bits per heavy atom. The van der Waals surface area contributed by atoms with E-state index in [4.69, 9.17) is 0 Å². The van der Waals surface area contributed by atoms with Crippen molar-refractivity contribution in [2.45, 2.75) is 53.0 Å². The van der Waals surface area contributed by atoms with Crippen LogP contribution < -0.4 is 10.2 Å². The molecule has 3 heteroatoms. The first-order chi connectivity index (χ1) is 9.22. The molecular formula is C16H29N3. The van der Waals surface area contributed by atoms with Crippen molar-refractivity contribution in [3.63, 3.8) is 0 Å². The number of rotatable bonds is 9. The summed E-state index contributed by atoms with van der Waals surface area (Å²) in [5.74, 6) is 1.10. The molecule has 0 aliphatic heterocycles. The fraction of sp³-hybridized carbons (Fsp3) is 0.688. The minimum atomic E-state index is 0.382. The molecule has 0 aliphatic rings. The van der Waals surface area contributed by atoms with Crippen molar-refractivity contribution in [3.05, 3.63) is 23.9 Å². The standard InChI is InChI=1S/C16H29N3/c1-5-8-12-19(7-3)16-10-9-15(13-18-16)14(4)17-11-6-2/h9-10,13-14,17H,5-8,11-12H2,1-4H3. The number of aromatic nitrogens is 1. The van der Waals surface area contributed by atoms with Crippen molar-refractivity contribution in [1.82, 2.24) is 10.3 Å². The van der Waals surface area contributed by atoms with Crippen LogP contribution in [0, 0.1) is 0 Å². The van der Waals surface area contributed by atoms with Crippen LogP contribution >= 0.6 is 0 Å². The van der Waals surface area contributed by atoms with Crippen LogP contribution in [-0.4, -0.2) is 24.6 Å². The third-order valence-corrected chi connectivity index (χ3v) is 3.46. The number of hydrogen-bond acceptors (Lipinski definition) is 3. The molecule has 1 rings (SSSR count). The van der Waals surface area contributed by atoms with Crippen LogP contribution in [0.3, 0.4) is 0 Å². The minimum Gasteiger partial charge on any atom is -0.357 e. The molecular weight excluding hydrogens is 234 g/mol. The zero-order chi connectivity index (χ0) is 14.1. The first kappa shape index (κ1) is 16.0. The summed E-state index contributed by atoms with van der Waals surface area (Å²) < 4.78 is 0. The zero-order valence-corrected chi connectivity index (χ0v) is 12.9. The average Bonchev–Trinajstić information content (AvgIpc) is 2.46. The summed E-state index contributed by atoms with van der Waals surface area (Å²) in [5.41, 5.74) is 1.27. The molecule has 0 saturated carbocycles. The predicted octanol–water partition coefficient (Wildman–Crippen LogP) is 3.77. The lowest BCUT2D eigenvalue weighted by atomic mass is 10.1. The molecule has 0 bridgehead atoms. The second-order valence-electron chi connectivity index (χ2n) is 5.06. The first-order valence-electron chi connectivity index (χ1n) is 7.67. The van der Waals surface area contributed by atoms with Crippen molar-refractivity contribution in [2.24, 2.45) is 0 Å². The number of unbranched alkanes of at least 4 members (excludes halogenated alkanes) is 1. The van der Waals surface area contributed by atoms with E-state index < -0.39 is 0 Å². The average molecular weight is 263 g/mol. The van der Waals surface area contributed by atoms with E-state index in [0.29, 0.717) is 6.04 Å². The van der Waals surface area contributed by atoms with E-state index in [1.165, 1.54) is 18.4 Å². The molecule has 0 spiro atoms. The Morgan fingerprint density at radius 3 is 2.53 bits per heavy atom. The highest BCUT2D eigenvalue weighted by atomic mass is 15.2. The van der Waals surface area contributed by atoms with Crippen molar-refractivity contribution in [2.75, 3.05) is 24.5 Å². The molecule has 108 valence electrons. The highest BCUT2D eigenvalue weighted by Crippen LogP contribution is 2.16. The maximum Gasteiger partial charge on any atom is 0.128 e. The van der Waals surface area contributed by atoms with E-state index in [-0.39, 0.29) is 0 Å². The Morgan fingerprint density at radius 2 is 2.00 bits per heavy atom. The zero-order valence-electron chi connectivity index (χ0n) is 12.9. The van der Waals surface area contributed by atoms with Gasteiger partial charge in [-0.25, -0.2) is 4.98 Å². The molecule has 0 saturated heterocycles. The lowest BCUT2D eigenvalue weighted by Gasteiger charge is -2.22. The largest absolute Gasteiger partial charge is 0.357 e. The van der Waals surface area contributed by atoms with Crippen molar-refractivity contribution < 1.29 is 0 Å². The Hall–Kier alpha value is -1.09. The Bertz CT molecular complexity index is 334. The van der Waals surface area contributed by atoms with Crippen LogP contribution in [-0.2, 0) is 0 Å². The van der Waals surface area contributed by atoms with Gasteiger partial charge in [-0.1, -0.05) is 26.3 Å². The Balaban J connectivity index is 2.63. The second-order valence-corrected chi connectivity index (χ2v) is 5.06. The van der Waals surface area contributed by atoms with Crippen LogP contribution in [0.1, 0.15) is 58.6 Å². The maximum absolute atomic E-state index is 4.62. The molecule has 1 unspecified atom stereocenters. The smallest absolute Gasteiger partial charge is 0.128 e. The van der Waals surface area contributed by atoms with E-state index in [2.05, 4.69) is 55.0 Å². The van der Waals surface area contributed by atoms with Gasteiger partial charge in [0, 0.05) is 25.3 Å². The molecule has 1 aromatic rings. The molecule has 1 aromatic heterocycles. The molecule has 0 aliphatic carbocycles. The Kier molecular flexibility index (Phi) is 7.49. The van der Waals surface area contributed by atoms with Gasteiger partial charge in [-0.2, -0.15) is 0 Å². The topological polar surface area (TPSA) is 28.2 Å². The van der Waals surface area contributed by atoms with Crippen LogP contribution in [0.25, 0.3) is 0 Å². The normalized spacial score (nSPS) is 12.4. The van der Waals surface area contributed by atoms with E-state index >= 15 is 0 Å². The fourth-order valence-electron chi connectivity index (χ4n) is 2.10. The van der Waals surface area contributed by atoms with Gasteiger partial charge in [0.25, 0.3) is 0 Å². The monoisotopic (exact) mass is 263 g/mol. The molecule has 3 nitrogen and oxygen atoms in total. The summed E-state index contributed by atoms with van der Waals surface area (Å²) in [5, 5.41) is 3.49. The van der Waals surface area contributed by atoms with Crippen molar-refractivity contribution in [1.29, 1.82) is 0 Å². The van der Waals surface area contributed by atoms with E-state index in [9.17, 15) is 0 Å². The van der Waals surface area contributed by atoms with Gasteiger partial charge in [0.2, 0.25) is 0 Å². The van der Waals surface area contributed by atoms with Gasteiger partial charge in [0.1, 0.15) is 5.82 Å². The van der Waals surface area contributed by atoms with E-state index in [0.717, 1.165) is 31.9 Å². The summed E-state index contributed by atoms with van der Waals surface area (Å²) in [6.07, 6.45) is 5.63. The van der Waals surface area contributed by atoms with Gasteiger partial charge in [-0.05, 0) is 44.9 Å². The quantitative estimate of drug-likeness (QED) is 0.735. The van der Waals surface area contributed by atoms with Crippen molar-refractivity contribution in [3.8, 4) is 0 Å². The first-order valence-corrected chi connectivity index (χ1v) is 7.67. The minimum absolute atomic E-state index is 0.382. The van der Waals surface area contributed by atoms with E-state index in [1.807, 2.05) is 6.20 Å². The van der Waals surface area contributed by atoms with Gasteiger partial charge in [-0.15, -0.1) is 0 Å². The summed E-state index contributed by atoms with van der Waals surface area (Å²) >= 11 is 0. The SMILES string of the molecule is CCCCN(CC)c1ccc(C(C)NCCC)cn1. The van der Waals surface area contributed by atoms with E-state index in [1.54, 1.807) is 0 Å². The highest BCUT2D eigenvalue weighted by molar-refractivity contribution is 5.39. The van der Waals surface area contributed by atoms with Gasteiger partial charge in [0.05, 0.1) is 0 Å². The summed E-state index contributed by atoms with van der Waals surface area (Å²) in [6, 6.07) is 4.73. The predicted molar refractivity (Wildman–Crippen MR) is 83.7 cm³/mol. The molecule has 1 atom stereocenters. The summed E-state index contributed by atoms with van der Waals surface area (Å²) in [7, 11) is 0. The molecule has 1 N–H and O–H groups in total. The second kappa shape index (κ2) is 8.92. The molecule has 0 aromatic carbocycles. The third-order valence-electron chi connectivity index (χ3n) is 3.46. The molecule has 1 heterocycles. The number of pyridine rings is 1. The van der Waals surface area contributed by atoms with Crippen LogP contribution in [0.5, 0.6) is 0 Å². The maximum atomic E-state index is 4.62. The lowest BCUT2D eigenvalue weighted by Crippen LogP contribution is -2.25. The summed E-state index contributed by atoms with van der Waals surface area (Å²) in [4.78, 5) is 6.96. The molecule has 0 radical (unpaired) electrons. The summed E-state index contributed by atoms with van der Waals surface area (Å²) in [6.45, 7) is 12.0. The van der Waals surface area contributed by atoms with Gasteiger partial charge in [-0.3, -0.25) is 0 Å². The molecule has 0 fully saturated rings. The number of nitrogens with zero attached hydrogens (tertiary/aromatic N) is 2. The van der Waals surface area contributed by atoms with Gasteiger partial charge in [0.15, 0.2) is 0 Å². The van der Waals surface area contributed by atoms with Crippen LogP contribution in [0.15, 0.2) is 18.3 Å². The third kappa shape index (κ3) is 5.19. The number of anilines is 1. The van der Waals surface area contributed by atoms with Gasteiger partial charge >= 0.3 is 0 Å². The van der Waals surface area contributed by atoms with Crippen molar-refractivity contribution >= 4 is 5.82 Å².